The Morgan fingerprint density at radius 2 is 1.11 bits per heavy atom. The van der Waals surface area contributed by atoms with Gasteiger partial charge in [-0.05, 0) is 6.92 Å². The van der Waals surface area contributed by atoms with Crippen LogP contribution in [-0.2, 0) is 19.1 Å². The minimum atomic E-state index is -0.211. The van der Waals surface area contributed by atoms with E-state index in [1.54, 1.807) is 6.92 Å². The van der Waals surface area contributed by atoms with Crippen molar-refractivity contribution in [2.75, 3.05) is 6.61 Å². The van der Waals surface area contributed by atoms with Crippen molar-refractivity contribution < 1.29 is 19.1 Å². The summed E-state index contributed by atoms with van der Waals surface area (Å²) < 4.78 is 4.40. The predicted molar refractivity (Wildman–Crippen MR) is 79.5 cm³/mol. The molecule has 0 amide bonds. The summed E-state index contributed by atoms with van der Waals surface area (Å²) in [6, 6.07) is 0. The van der Waals surface area contributed by atoms with Crippen molar-refractivity contribution in [3.63, 3.8) is 0 Å². The maximum Gasteiger partial charge on any atom is 0.302 e. The smallest absolute Gasteiger partial charge is 0.302 e. The van der Waals surface area contributed by atoms with Crippen LogP contribution in [0.1, 0.15) is 58.4 Å². The lowest BCUT2D eigenvalue weighted by Gasteiger charge is -1.89. The standard InChI is InChI=1S/C4H8O2.2CHNO.6CH4/c1-3-6-4(2)5;2*2-1-3;;;;;;/h3H2,1-2H3;2*2H;6*1H4. The van der Waals surface area contributed by atoms with Gasteiger partial charge >= 0.3 is 5.97 Å². The Morgan fingerprint density at radius 1 is 0.944 bits per heavy atom. The van der Waals surface area contributed by atoms with E-state index in [-0.39, 0.29) is 50.5 Å². The molecule has 0 heterocycles. The van der Waals surface area contributed by atoms with Gasteiger partial charge in [-0.2, -0.15) is 0 Å². The van der Waals surface area contributed by atoms with Gasteiger partial charge in [0.15, 0.2) is 0 Å². The summed E-state index contributed by atoms with van der Waals surface area (Å²) in [7, 11) is 0. The highest BCUT2D eigenvalue weighted by molar-refractivity contribution is 5.65. The molecule has 0 aromatic rings. The second-order valence-corrected chi connectivity index (χ2v) is 1.13. The Hall–Kier alpha value is -1.77. The molecule has 18 heavy (non-hydrogen) atoms. The van der Waals surface area contributed by atoms with Crippen LogP contribution in [0, 0.1) is 10.8 Å². The lowest BCUT2D eigenvalue weighted by atomic mass is 10.8. The van der Waals surface area contributed by atoms with Gasteiger partial charge in [0.1, 0.15) is 0 Å². The summed E-state index contributed by atoms with van der Waals surface area (Å²) in [5, 5.41) is 10.8. The largest absolute Gasteiger partial charge is 0.466 e. The molecule has 0 aromatic carbocycles. The zero-order valence-corrected chi connectivity index (χ0v) is 6.84. The molecule has 0 fully saturated rings. The minimum Gasteiger partial charge on any atom is -0.466 e. The normalized spacial score (nSPS) is 3.44. The predicted octanol–water partition coefficient (Wildman–Crippen LogP) is 4.19. The van der Waals surface area contributed by atoms with Gasteiger partial charge in [-0.1, -0.05) is 44.6 Å². The number of nitrogens with one attached hydrogen (secondary N) is 2. The molecule has 0 aliphatic rings. The molecule has 0 unspecified atom stereocenters. The Kier molecular flexibility index (Phi) is 451. The number of isocyanates is 2. The zero-order chi connectivity index (χ0) is 10.4. The quantitative estimate of drug-likeness (QED) is 0.423. The molecule has 0 atom stereocenters. The Bertz CT molecular complexity index is 159. The van der Waals surface area contributed by atoms with Crippen LogP contribution in [0.15, 0.2) is 0 Å². The highest BCUT2D eigenvalue weighted by atomic mass is 16.5. The molecule has 0 saturated heterocycles. The van der Waals surface area contributed by atoms with Crippen molar-refractivity contribution in [1.82, 2.24) is 0 Å². The second kappa shape index (κ2) is 113. The molecule has 0 aliphatic carbocycles. The number of hydrogen-bond acceptors (Lipinski definition) is 6. The van der Waals surface area contributed by atoms with Gasteiger partial charge in [0.05, 0.1) is 6.61 Å². The third-order valence-electron chi connectivity index (χ3n) is 0.348. The fourth-order valence-electron chi connectivity index (χ4n) is 0.203. The van der Waals surface area contributed by atoms with E-state index in [1.165, 1.54) is 6.92 Å². The molecule has 0 saturated carbocycles. The maximum atomic E-state index is 9.82. The molecular formula is C12H34N2O4. The van der Waals surface area contributed by atoms with Gasteiger partial charge in [0.25, 0.3) is 0 Å². The lowest BCUT2D eigenvalue weighted by Crippen LogP contribution is -1.95. The van der Waals surface area contributed by atoms with E-state index in [2.05, 4.69) is 4.74 Å². The van der Waals surface area contributed by atoms with Crippen molar-refractivity contribution in [2.45, 2.75) is 58.4 Å². The second-order valence-electron chi connectivity index (χ2n) is 1.13. The first-order chi connectivity index (χ1) is 5.60. The van der Waals surface area contributed by atoms with E-state index in [4.69, 9.17) is 20.4 Å². The monoisotopic (exact) mass is 270 g/mol. The van der Waals surface area contributed by atoms with E-state index in [0.717, 1.165) is 12.2 Å². The van der Waals surface area contributed by atoms with Gasteiger partial charge in [-0.25, -0.2) is 20.4 Å². The van der Waals surface area contributed by atoms with Crippen LogP contribution in [-0.4, -0.2) is 24.7 Å². The molecule has 0 rings (SSSR count). The number of ether oxygens (including phenoxy) is 1. The van der Waals surface area contributed by atoms with E-state index >= 15 is 0 Å². The minimum absolute atomic E-state index is 0. The van der Waals surface area contributed by atoms with Crippen molar-refractivity contribution in [3.8, 4) is 0 Å². The summed E-state index contributed by atoms with van der Waals surface area (Å²) >= 11 is 0. The molecular weight excluding hydrogens is 236 g/mol. The highest BCUT2D eigenvalue weighted by Gasteiger charge is 1.81. The van der Waals surface area contributed by atoms with Crippen LogP contribution in [0.4, 0.5) is 0 Å². The summed E-state index contributed by atoms with van der Waals surface area (Å²) in [5.74, 6) is -0.211. The first kappa shape index (κ1) is 72.0. The number of carbonyl (C=O) groups excluding carboxylic acids is 3. The van der Waals surface area contributed by atoms with Gasteiger partial charge in [-0.15, -0.1) is 0 Å². The molecule has 116 valence electrons. The Morgan fingerprint density at radius 3 is 1.11 bits per heavy atom. The fourth-order valence-corrected chi connectivity index (χ4v) is 0.203. The molecule has 0 spiro atoms. The lowest BCUT2D eigenvalue weighted by molar-refractivity contribution is -0.140. The summed E-state index contributed by atoms with van der Waals surface area (Å²) in [5.41, 5.74) is 0. The van der Waals surface area contributed by atoms with Crippen LogP contribution < -0.4 is 0 Å². The van der Waals surface area contributed by atoms with Crippen LogP contribution in [0.3, 0.4) is 0 Å². The first-order valence-electron chi connectivity index (χ1n) is 2.81. The van der Waals surface area contributed by atoms with E-state index in [1.807, 2.05) is 0 Å². The van der Waals surface area contributed by atoms with Gasteiger partial charge in [0.2, 0.25) is 12.2 Å². The average molecular weight is 270 g/mol. The molecule has 6 nitrogen and oxygen atoms in total. The van der Waals surface area contributed by atoms with Gasteiger partial charge in [0, 0.05) is 6.92 Å². The van der Waals surface area contributed by atoms with Crippen LogP contribution in [0.5, 0.6) is 0 Å². The van der Waals surface area contributed by atoms with Crippen LogP contribution >= 0.6 is 0 Å². The maximum absolute atomic E-state index is 9.82. The Balaban J connectivity index is -0.00000000879. The van der Waals surface area contributed by atoms with E-state index in [0.29, 0.717) is 6.61 Å². The van der Waals surface area contributed by atoms with Crippen LogP contribution in [0.25, 0.3) is 0 Å². The summed E-state index contributed by atoms with van der Waals surface area (Å²) in [6.07, 6.45) is 1.50. The number of rotatable bonds is 1. The fraction of sp³-hybridized carbons (Fsp3) is 0.750. The van der Waals surface area contributed by atoms with Gasteiger partial charge < -0.3 is 4.74 Å². The van der Waals surface area contributed by atoms with Crippen LogP contribution in [0.2, 0.25) is 0 Å². The van der Waals surface area contributed by atoms with E-state index < -0.39 is 0 Å². The Labute approximate surface area is 114 Å². The van der Waals surface area contributed by atoms with E-state index in [9.17, 15) is 4.79 Å². The molecule has 2 N–H and O–H groups in total. The molecule has 0 aromatic heterocycles. The van der Waals surface area contributed by atoms with Crippen molar-refractivity contribution in [1.29, 1.82) is 10.8 Å². The number of esters is 1. The topological polar surface area (TPSA) is 108 Å². The van der Waals surface area contributed by atoms with Gasteiger partial charge in [-0.3, -0.25) is 4.79 Å². The first-order valence-corrected chi connectivity index (χ1v) is 2.81. The third-order valence-corrected chi connectivity index (χ3v) is 0.348. The van der Waals surface area contributed by atoms with Crippen molar-refractivity contribution in [2.24, 2.45) is 0 Å². The van der Waals surface area contributed by atoms with Crippen molar-refractivity contribution >= 4 is 18.1 Å². The molecule has 6 heteroatoms. The van der Waals surface area contributed by atoms with Crippen molar-refractivity contribution in [3.05, 3.63) is 0 Å². The molecule has 0 aliphatic heterocycles. The average Bonchev–Trinajstić information content (AvgIpc) is 1.89. The summed E-state index contributed by atoms with van der Waals surface area (Å²) in [4.78, 5) is 26.5. The highest BCUT2D eigenvalue weighted by Crippen LogP contribution is 1.69. The number of hydrogen-bond donors (Lipinski definition) is 2. The molecule has 0 bridgehead atoms. The SMILES string of the molecule is C.C.C.C.C.C.CCOC(C)=O.N=C=O.N=C=O. The zero-order valence-electron chi connectivity index (χ0n) is 6.84. The third kappa shape index (κ3) is 1650. The molecule has 0 radical (unpaired) electrons. The number of carbonyl (C=O) groups is 1. The summed E-state index contributed by atoms with van der Waals surface area (Å²) in [6.45, 7) is 3.65.